The van der Waals surface area contributed by atoms with Gasteiger partial charge in [0.1, 0.15) is 5.60 Å². The average molecular weight is 264 g/mol. The highest BCUT2D eigenvalue weighted by Crippen LogP contribution is 2.30. The molecule has 0 spiro atoms. The maximum absolute atomic E-state index is 12.2. The van der Waals surface area contributed by atoms with E-state index in [0.717, 1.165) is 12.8 Å². The Morgan fingerprint density at radius 2 is 2.12 bits per heavy atom. The van der Waals surface area contributed by atoms with Gasteiger partial charge in [-0.25, -0.2) is 0 Å². The van der Waals surface area contributed by atoms with Crippen molar-refractivity contribution < 1.29 is 18.3 Å². The Hall–Kier alpha value is -0.210. The summed E-state index contributed by atoms with van der Waals surface area (Å²) in [5.41, 5.74) is -1.01. The largest absolute Gasteiger partial charge is 0.385 e. The lowest BCUT2D eigenvalue weighted by atomic mass is 9.99. The van der Waals surface area contributed by atoms with Gasteiger partial charge in [-0.3, -0.25) is 0 Å². The molecule has 6 nitrogen and oxygen atoms in total. The first-order valence-corrected chi connectivity index (χ1v) is 7.27. The van der Waals surface area contributed by atoms with E-state index in [4.69, 9.17) is 4.74 Å². The molecule has 0 aromatic carbocycles. The molecule has 0 bridgehead atoms. The van der Waals surface area contributed by atoms with E-state index in [2.05, 4.69) is 0 Å². The lowest BCUT2D eigenvalue weighted by molar-refractivity contribution is -0.104. The third-order valence-electron chi connectivity index (χ3n) is 3.47. The van der Waals surface area contributed by atoms with Crippen molar-refractivity contribution in [2.45, 2.75) is 31.4 Å². The Bertz CT molecular complexity index is 378. The zero-order valence-corrected chi connectivity index (χ0v) is 11.1. The Balaban J connectivity index is 2.00. The van der Waals surface area contributed by atoms with Crippen LogP contribution in [-0.4, -0.2) is 67.1 Å². The van der Waals surface area contributed by atoms with E-state index in [-0.39, 0.29) is 25.7 Å². The highest BCUT2D eigenvalue weighted by molar-refractivity contribution is 7.86. The van der Waals surface area contributed by atoms with E-state index in [0.29, 0.717) is 6.54 Å². The van der Waals surface area contributed by atoms with Crippen molar-refractivity contribution in [3.63, 3.8) is 0 Å². The lowest BCUT2D eigenvalue weighted by Gasteiger charge is -2.46. The first-order chi connectivity index (χ1) is 7.89. The predicted octanol–water partition coefficient (Wildman–Crippen LogP) is -0.591. The van der Waals surface area contributed by atoms with Crippen molar-refractivity contribution in [1.82, 2.24) is 8.61 Å². The van der Waals surface area contributed by atoms with Crippen molar-refractivity contribution in [2.75, 3.05) is 33.4 Å². The first-order valence-electron chi connectivity index (χ1n) is 5.87. The van der Waals surface area contributed by atoms with Gasteiger partial charge < -0.3 is 9.84 Å². The van der Waals surface area contributed by atoms with E-state index in [1.807, 2.05) is 6.92 Å². The van der Waals surface area contributed by atoms with E-state index >= 15 is 0 Å². The fourth-order valence-corrected chi connectivity index (χ4v) is 4.55. The zero-order chi connectivity index (χ0) is 12.7. The topological polar surface area (TPSA) is 70.1 Å². The zero-order valence-electron chi connectivity index (χ0n) is 10.3. The number of nitrogens with zero attached hydrogens (tertiary/aromatic N) is 2. The molecule has 0 amide bonds. The molecule has 0 radical (unpaired) electrons. The molecule has 1 atom stereocenters. The average Bonchev–Trinajstić information content (AvgIpc) is 2.61. The Kier molecular flexibility index (Phi) is 3.48. The molecule has 17 heavy (non-hydrogen) atoms. The molecule has 2 aliphatic rings. The molecule has 2 heterocycles. The van der Waals surface area contributed by atoms with Crippen LogP contribution in [0.1, 0.15) is 19.8 Å². The lowest BCUT2D eigenvalue weighted by Crippen LogP contribution is -2.67. The van der Waals surface area contributed by atoms with Gasteiger partial charge in [0.05, 0.1) is 6.61 Å². The highest BCUT2D eigenvalue weighted by atomic mass is 32.2. The predicted molar refractivity (Wildman–Crippen MR) is 62.7 cm³/mol. The van der Waals surface area contributed by atoms with Crippen molar-refractivity contribution in [3.8, 4) is 0 Å². The first kappa shape index (κ1) is 13.2. The number of ether oxygens (including phenoxy) is 1. The summed E-state index contributed by atoms with van der Waals surface area (Å²) in [4.78, 5) is 0. The summed E-state index contributed by atoms with van der Waals surface area (Å²) in [7, 11) is -1.89. The number of rotatable bonds is 4. The van der Waals surface area contributed by atoms with Gasteiger partial charge in [0.25, 0.3) is 10.2 Å². The van der Waals surface area contributed by atoms with Gasteiger partial charge in [-0.05, 0) is 19.8 Å². The van der Waals surface area contributed by atoms with Crippen LogP contribution in [0.4, 0.5) is 0 Å². The molecule has 2 rings (SSSR count). The van der Waals surface area contributed by atoms with Gasteiger partial charge in [0.2, 0.25) is 0 Å². The third-order valence-corrected chi connectivity index (χ3v) is 5.51. The summed E-state index contributed by atoms with van der Waals surface area (Å²) in [6.07, 6.45) is 1.83. The monoisotopic (exact) mass is 264 g/mol. The highest BCUT2D eigenvalue weighted by Gasteiger charge is 2.49. The quantitative estimate of drug-likeness (QED) is 0.737. The van der Waals surface area contributed by atoms with Gasteiger partial charge in [-0.2, -0.15) is 17.0 Å². The van der Waals surface area contributed by atoms with Crippen molar-refractivity contribution in [2.24, 2.45) is 0 Å². The molecule has 7 heteroatoms. The number of hydrogen-bond acceptors (Lipinski definition) is 4. The SMILES string of the molecule is COCC1(O)CN(S(=O)(=O)N2CCCC2C)C1. The van der Waals surface area contributed by atoms with Crippen LogP contribution in [0.2, 0.25) is 0 Å². The van der Waals surface area contributed by atoms with Gasteiger partial charge in [-0.1, -0.05) is 0 Å². The minimum atomic E-state index is -3.39. The summed E-state index contributed by atoms with van der Waals surface area (Å²) < 4.78 is 32.2. The van der Waals surface area contributed by atoms with Crippen LogP contribution in [0.3, 0.4) is 0 Å². The van der Waals surface area contributed by atoms with Crippen LogP contribution in [0.5, 0.6) is 0 Å². The summed E-state index contributed by atoms with van der Waals surface area (Å²) in [6.45, 7) is 2.95. The number of β-amino-alcohol motifs (C(OH)–C–C–N with tert-alkyl or cyclic N) is 1. The second-order valence-electron chi connectivity index (χ2n) is 5.04. The fraction of sp³-hybridized carbons (Fsp3) is 1.00. The normalized spacial score (nSPS) is 30.4. The summed E-state index contributed by atoms with van der Waals surface area (Å²) in [6, 6.07) is 0.0658. The molecular formula is C10H20N2O4S. The minimum Gasteiger partial charge on any atom is -0.385 e. The molecule has 1 unspecified atom stereocenters. The molecule has 0 aromatic heterocycles. The van der Waals surface area contributed by atoms with Crippen LogP contribution in [0.15, 0.2) is 0 Å². The summed E-state index contributed by atoms with van der Waals surface area (Å²) in [5, 5.41) is 9.90. The van der Waals surface area contributed by atoms with Crippen LogP contribution in [0.25, 0.3) is 0 Å². The molecule has 0 aromatic rings. The smallest absolute Gasteiger partial charge is 0.282 e. The van der Waals surface area contributed by atoms with Crippen LogP contribution < -0.4 is 0 Å². The van der Waals surface area contributed by atoms with E-state index in [1.165, 1.54) is 15.7 Å². The molecule has 1 N–H and O–H groups in total. The molecule has 0 aliphatic carbocycles. The molecule has 2 fully saturated rings. The van der Waals surface area contributed by atoms with Gasteiger partial charge in [0, 0.05) is 32.8 Å². The van der Waals surface area contributed by atoms with Crippen LogP contribution >= 0.6 is 0 Å². The van der Waals surface area contributed by atoms with Crippen molar-refractivity contribution >= 4 is 10.2 Å². The van der Waals surface area contributed by atoms with E-state index < -0.39 is 15.8 Å². The van der Waals surface area contributed by atoms with Gasteiger partial charge >= 0.3 is 0 Å². The van der Waals surface area contributed by atoms with Crippen molar-refractivity contribution in [3.05, 3.63) is 0 Å². The minimum absolute atomic E-state index is 0.0658. The number of aliphatic hydroxyl groups is 1. The summed E-state index contributed by atoms with van der Waals surface area (Å²) in [5.74, 6) is 0. The van der Waals surface area contributed by atoms with E-state index in [9.17, 15) is 13.5 Å². The Labute approximate surface area is 102 Å². The Morgan fingerprint density at radius 3 is 2.59 bits per heavy atom. The van der Waals surface area contributed by atoms with Gasteiger partial charge in [0.15, 0.2) is 0 Å². The van der Waals surface area contributed by atoms with Crippen molar-refractivity contribution in [1.29, 1.82) is 0 Å². The molecule has 2 aliphatic heterocycles. The number of hydrogen-bond donors (Lipinski definition) is 1. The van der Waals surface area contributed by atoms with Gasteiger partial charge in [-0.15, -0.1) is 0 Å². The van der Waals surface area contributed by atoms with E-state index in [1.54, 1.807) is 0 Å². The molecule has 0 saturated carbocycles. The van der Waals surface area contributed by atoms with Crippen LogP contribution in [-0.2, 0) is 14.9 Å². The second-order valence-corrected chi connectivity index (χ2v) is 6.92. The molecule has 100 valence electrons. The Morgan fingerprint density at radius 1 is 1.47 bits per heavy atom. The number of methoxy groups -OCH3 is 1. The van der Waals surface area contributed by atoms with Crippen LogP contribution in [0, 0.1) is 0 Å². The maximum Gasteiger partial charge on any atom is 0.282 e. The molecule has 2 saturated heterocycles. The second kappa shape index (κ2) is 4.47. The summed E-state index contributed by atoms with van der Waals surface area (Å²) >= 11 is 0. The standard InChI is InChI=1S/C10H20N2O4S/c1-9-4-3-5-12(9)17(14,15)11-6-10(13,7-11)8-16-2/h9,13H,3-8H2,1-2H3. The maximum atomic E-state index is 12.2. The fourth-order valence-electron chi connectivity index (χ4n) is 2.53. The molecular weight excluding hydrogens is 244 g/mol. The third kappa shape index (κ3) is 2.34.